The number of likely N-dealkylation sites (tertiary alicyclic amines) is 1. The second kappa shape index (κ2) is 5.74. The molecular weight excluding hydrogens is 252 g/mol. The molecule has 0 spiro atoms. The number of carbonyl (C=O) groups excluding carboxylic acids is 2. The molecule has 4 nitrogen and oxygen atoms in total. The van der Waals surface area contributed by atoms with Gasteiger partial charge in [0.1, 0.15) is 0 Å². The molecule has 1 saturated heterocycles. The fourth-order valence-electron chi connectivity index (χ4n) is 3.15. The van der Waals surface area contributed by atoms with E-state index < -0.39 is 0 Å². The fourth-order valence-corrected chi connectivity index (χ4v) is 3.15. The van der Waals surface area contributed by atoms with Gasteiger partial charge in [0, 0.05) is 18.1 Å². The molecule has 1 aliphatic heterocycles. The Kier molecular flexibility index (Phi) is 4.40. The molecule has 20 heavy (non-hydrogen) atoms. The molecule has 0 aromatic rings. The molecule has 3 unspecified atom stereocenters. The number of nitrogens with one attached hydrogen (secondary N) is 1. The number of rotatable bonds is 3. The summed E-state index contributed by atoms with van der Waals surface area (Å²) in [6, 6.07) is 0.392. The average molecular weight is 280 g/mol. The maximum absolute atomic E-state index is 12.6. The van der Waals surface area contributed by atoms with Crippen LogP contribution in [0.5, 0.6) is 0 Å². The number of hydrogen-bond donors (Lipinski definition) is 1. The van der Waals surface area contributed by atoms with Gasteiger partial charge in [0.25, 0.3) is 0 Å². The van der Waals surface area contributed by atoms with Crippen LogP contribution in [0.3, 0.4) is 0 Å². The molecule has 3 atom stereocenters. The smallest absolute Gasteiger partial charge is 0.226 e. The standard InChI is InChI=1S/C16H28N2O2/c1-5-11-8-6-7-9-18(11)15(20)13-10-12(13)14(19)17-16(2,3)4/h11-13H,5-10H2,1-4H3,(H,17,19). The zero-order chi connectivity index (χ0) is 14.9. The van der Waals surface area contributed by atoms with Crippen LogP contribution in [0.2, 0.25) is 0 Å². The van der Waals surface area contributed by atoms with E-state index in [2.05, 4.69) is 12.2 Å². The van der Waals surface area contributed by atoms with Crippen LogP contribution in [-0.4, -0.2) is 34.8 Å². The molecule has 2 fully saturated rings. The van der Waals surface area contributed by atoms with Crippen molar-refractivity contribution in [2.75, 3.05) is 6.54 Å². The van der Waals surface area contributed by atoms with E-state index in [1.165, 1.54) is 6.42 Å². The van der Waals surface area contributed by atoms with E-state index in [0.717, 1.165) is 32.2 Å². The number of amides is 2. The van der Waals surface area contributed by atoms with Gasteiger partial charge in [-0.05, 0) is 52.9 Å². The molecule has 2 amide bonds. The number of carbonyl (C=O) groups is 2. The molecule has 2 rings (SSSR count). The van der Waals surface area contributed by atoms with Gasteiger partial charge in [-0.15, -0.1) is 0 Å². The summed E-state index contributed by atoms with van der Waals surface area (Å²) in [5, 5.41) is 2.98. The summed E-state index contributed by atoms with van der Waals surface area (Å²) in [5.74, 6) is 0.0946. The second-order valence-electron chi connectivity index (χ2n) is 7.28. The highest BCUT2D eigenvalue weighted by Crippen LogP contribution is 2.41. The fraction of sp³-hybridized carbons (Fsp3) is 0.875. The largest absolute Gasteiger partial charge is 0.351 e. The highest BCUT2D eigenvalue weighted by molar-refractivity contribution is 5.92. The summed E-state index contributed by atoms with van der Waals surface area (Å²) in [7, 11) is 0. The van der Waals surface area contributed by atoms with E-state index in [1.807, 2.05) is 25.7 Å². The summed E-state index contributed by atoms with van der Waals surface area (Å²) in [6.07, 6.45) is 5.20. The van der Waals surface area contributed by atoms with E-state index in [1.54, 1.807) is 0 Å². The highest BCUT2D eigenvalue weighted by Gasteiger charge is 2.50. The first-order valence-corrected chi connectivity index (χ1v) is 7.96. The topological polar surface area (TPSA) is 49.4 Å². The van der Waals surface area contributed by atoms with Crippen molar-refractivity contribution in [1.29, 1.82) is 0 Å². The van der Waals surface area contributed by atoms with Crippen molar-refractivity contribution in [2.45, 2.75) is 71.4 Å². The third-order valence-corrected chi connectivity index (χ3v) is 4.32. The minimum atomic E-state index is -0.218. The third-order valence-electron chi connectivity index (χ3n) is 4.32. The Bertz CT molecular complexity index is 386. The predicted octanol–water partition coefficient (Wildman–Crippen LogP) is 2.33. The van der Waals surface area contributed by atoms with Crippen LogP contribution in [0.1, 0.15) is 59.8 Å². The van der Waals surface area contributed by atoms with Crippen molar-refractivity contribution in [3.05, 3.63) is 0 Å². The first-order valence-electron chi connectivity index (χ1n) is 7.96. The summed E-state index contributed by atoms with van der Waals surface area (Å²) in [6.45, 7) is 8.94. The van der Waals surface area contributed by atoms with Crippen LogP contribution in [0.25, 0.3) is 0 Å². The molecule has 0 radical (unpaired) electrons. The minimum Gasteiger partial charge on any atom is -0.351 e. The quantitative estimate of drug-likeness (QED) is 0.862. The molecule has 2 aliphatic rings. The number of hydrogen-bond acceptors (Lipinski definition) is 2. The lowest BCUT2D eigenvalue weighted by Crippen LogP contribution is -2.45. The van der Waals surface area contributed by atoms with Crippen LogP contribution in [0.15, 0.2) is 0 Å². The van der Waals surface area contributed by atoms with Crippen molar-refractivity contribution < 1.29 is 9.59 Å². The van der Waals surface area contributed by atoms with Crippen LogP contribution in [-0.2, 0) is 9.59 Å². The van der Waals surface area contributed by atoms with Gasteiger partial charge in [-0.1, -0.05) is 6.92 Å². The van der Waals surface area contributed by atoms with Crippen molar-refractivity contribution in [2.24, 2.45) is 11.8 Å². The highest BCUT2D eigenvalue weighted by atomic mass is 16.2. The molecule has 1 N–H and O–H groups in total. The monoisotopic (exact) mass is 280 g/mol. The Morgan fingerprint density at radius 1 is 1.20 bits per heavy atom. The third kappa shape index (κ3) is 3.53. The van der Waals surface area contributed by atoms with Gasteiger partial charge in [-0.25, -0.2) is 0 Å². The van der Waals surface area contributed by atoms with E-state index >= 15 is 0 Å². The lowest BCUT2D eigenvalue weighted by atomic mass is 9.99. The van der Waals surface area contributed by atoms with Gasteiger partial charge in [-0.3, -0.25) is 9.59 Å². The first-order chi connectivity index (χ1) is 9.33. The zero-order valence-electron chi connectivity index (χ0n) is 13.2. The summed E-state index contributed by atoms with van der Waals surface area (Å²) in [4.78, 5) is 26.7. The van der Waals surface area contributed by atoms with Crippen molar-refractivity contribution >= 4 is 11.8 Å². The summed E-state index contributed by atoms with van der Waals surface area (Å²) < 4.78 is 0. The molecule has 0 aromatic heterocycles. The maximum Gasteiger partial charge on any atom is 0.226 e. The van der Waals surface area contributed by atoms with E-state index in [9.17, 15) is 9.59 Å². The SMILES string of the molecule is CCC1CCCCN1C(=O)C1CC1C(=O)NC(C)(C)C. The van der Waals surface area contributed by atoms with Crippen LogP contribution < -0.4 is 5.32 Å². The Balaban J connectivity index is 1.90. The van der Waals surface area contributed by atoms with E-state index in [-0.39, 0.29) is 29.2 Å². The Morgan fingerprint density at radius 2 is 1.90 bits per heavy atom. The number of piperidine rings is 1. The van der Waals surface area contributed by atoms with Gasteiger partial charge in [0.05, 0.1) is 11.8 Å². The first kappa shape index (κ1) is 15.3. The van der Waals surface area contributed by atoms with Crippen molar-refractivity contribution in [3.63, 3.8) is 0 Å². The molecular formula is C16H28N2O2. The maximum atomic E-state index is 12.6. The molecule has 0 bridgehead atoms. The van der Waals surface area contributed by atoms with Gasteiger partial charge in [0.2, 0.25) is 11.8 Å². The van der Waals surface area contributed by atoms with Crippen molar-refractivity contribution in [1.82, 2.24) is 10.2 Å². The van der Waals surface area contributed by atoms with Crippen LogP contribution in [0, 0.1) is 11.8 Å². The summed E-state index contributed by atoms with van der Waals surface area (Å²) in [5.41, 5.74) is -0.218. The molecule has 4 heteroatoms. The Morgan fingerprint density at radius 3 is 2.50 bits per heavy atom. The van der Waals surface area contributed by atoms with E-state index in [4.69, 9.17) is 0 Å². The van der Waals surface area contributed by atoms with Gasteiger partial charge >= 0.3 is 0 Å². The van der Waals surface area contributed by atoms with Crippen LogP contribution >= 0.6 is 0 Å². The van der Waals surface area contributed by atoms with E-state index in [0.29, 0.717) is 6.04 Å². The lowest BCUT2D eigenvalue weighted by molar-refractivity contribution is -0.138. The lowest BCUT2D eigenvalue weighted by Gasteiger charge is -2.35. The van der Waals surface area contributed by atoms with Gasteiger partial charge in [0.15, 0.2) is 0 Å². The predicted molar refractivity (Wildman–Crippen MR) is 79.1 cm³/mol. The second-order valence-corrected chi connectivity index (χ2v) is 7.28. The molecule has 0 aromatic carbocycles. The zero-order valence-corrected chi connectivity index (χ0v) is 13.2. The molecule has 1 heterocycles. The normalized spacial score (nSPS) is 30.0. The Hall–Kier alpha value is -1.06. The summed E-state index contributed by atoms with van der Waals surface area (Å²) >= 11 is 0. The van der Waals surface area contributed by atoms with Gasteiger partial charge in [-0.2, -0.15) is 0 Å². The van der Waals surface area contributed by atoms with Gasteiger partial charge < -0.3 is 10.2 Å². The average Bonchev–Trinajstić information content (AvgIpc) is 3.16. The number of nitrogens with zero attached hydrogens (tertiary/aromatic N) is 1. The van der Waals surface area contributed by atoms with Crippen molar-refractivity contribution in [3.8, 4) is 0 Å². The Labute approximate surface area is 122 Å². The molecule has 114 valence electrons. The van der Waals surface area contributed by atoms with Crippen LogP contribution in [0.4, 0.5) is 0 Å². The molecule has 1 saturated carbocycles. The molecule has 1 aliphatic carbocycles. The minimum absolute atomic E-state index is 0.0425.